The number of carbonyl (C=O) groups excluding carboxylic acids is 3. The number of urea groups is 1. The van der Waals surface area contributed by atoms with E-state index in [4.69, 9.17) is 4.42 Å². The Morgan fingerprint density at radius 3 is 2.48 bits per heavy atom. The third-order valence-corrected chi connectivity index (χ3v) is 6.82. The van der Waals surface area contributed by atoms with Crippen LogP contribution in [0.2, 0.25) is 0 Å². The highest BCUT2D eigenvalue weighted by molar-refractivity contribution is 6.09. The molecule has 0 bridgehead atoms. The standard InChI is InChI=1S/C26H27N3O4/c1-26(22-16-20-9-5-6-10-21(20)33-22)24(31)29(25(32)27-26)17-23(30)28-13-11-19(12-14-28)15-18-7-3-2-4-8-18/h2-10,16,19H,11-15,17H2,1H3,(H,27,32). The van der Waals surface area contributed by atoms with Crippen molar-refractivity contribution in [2.24, 2.45) is 5.92 Å². The van der Waals surface area contributed by atoms with Crippen LogP contribution in [0.1, 0.15) is 31.1 Å². The number of likely N-dealkylation sites (tertiary alicyclic amines) is 1. The molecule has 0 spiro atoms. The predicted octanol–water partition coefficient (Wildman–Crippen LogP) is 3.68. The Morgan fingerprint density at radius 1 is 1.06 bits per heavy atom. The molecule has 3 heterocycles. The second-order valence-corrected chi connectivity index (χ2v) is 9.11. The molecule has 5 rings (SSSR count). The maximum absolute atomic E-state index is 13.2. The van der Waals surface area contributed by atoms with Gasteiger partial charge in [-0.2, -0.15) is 0 Å². The lowest BCUT2D eigenvalue weighted by atomic mass is 9.90. The van der Waals surface area contributed by atoms with Crippen LogP contribution in [0, 0.1) is 5.92 Å². The molecule has 1 N–H and O–H groups in total. The van der Waals surface area contributed by atoms with Gasteiger partial charge in [-0.1, -0.05) is 48.5 Å². The van der Waals surface area contributed by atoms with Crippen LogP contribution in [0.5, 0.6) is 0 Å². The number of hydrogen-bond donors (Lipinski definition) is 1. The molecule has 4 amide bonds. The van der Waals surface area contributed by atoms with E-state index in [9.17, 15) is 14.4 Å². The number of piperidine rings is 1. The fourth-order valence-corrected chi connectivity index (χ4v) is 4.81. The van der Waals surface area contributed by atoms with Crippen molar-refractivity contribution in [3.63, 3.8) is 0 Å². The molecule has 3 aromatic rings. The summed E-state index contributed by atoms with van der Waals surface area (Å²) in [5.41, 5.74) is 0.620. The van der Waals surface area contributed by atoms with E-state index in [2.05, 4.69) is 17.4 Å². The largest absolute Gasteiger partial charge is 0.458 e. The van der Waals surface area contributed by atoms with Gasteiger partial charge in [0, 0.05) is 18.5 Å². The summed E-state index contributed by atoms with van der Waals surface area (Å²) in [6, 6.07) is 19.0. The first-order chi connectivity index (χ1) is 15.9. The molecule has 170 valence electrons. The minimum absolute atomic E-state index is 0.203. The SMILES string of the molecule is CC1(c2cc3ccccc3o2)NC(=O)N(CC(=O)N2CCC(Cc3ccccc3)CC2)C1=O. The van der Waals surface area contributed by atoms with Crippen molar-refractivity contribution in [2.75, 3.05) is 19.6 Å². The molecule has 1 unspecified atom stereocenters. The van der Waals surface area contributed by atoms with E-state index in [0.29, 0.717) is 30.4 Å². The Bertz CT molecular complexity index is 1160. The van der Waals surface area contributed by atoms with Crippen LogP contribution in [0.3, 0.4) is 0 Å². The van der Waals surface area contributed by atoms with Gasteiger partial charge in [0.05, 0.1) is 0 Å². The summed E-state index contributed by atoms with van der Waals surface area (Å²) in [5, 5.41) is 3.57. The fourth-order valence-electron chi connectivity index (χ4n) is 4.81. The van der Waals surface area contributed by atoms with E-state index in [-0.39, 0.29) is 12.5 Å². The molecule has 0 radical (unpaired) electrons. The van der Waals surface area contributed by atoms with Crippen LogP contribution < -0.4 is 5.32 Å². The fraction of sp³-hybridized carbons (Fsp3) is 0.346. The van der Waals surface area contributed by atoms with E-state index in [1.165, 1.54) is 5.56 Å². The number of fused-ring (bicyclic) bond motifs is 1. The Balaban J connectivity index is 1.22. The van der Waals surface area contributed by atoms with Crippen LogP contribution >= 0.6 is 0 Å². The lowest BCUT2D eigenvalue weighted by molar-refractivity contribution is -0.139. The number of para-hydroxylation sites is 1. The van der Waals surface area contributed by atoms with Crippen molar-refractivity contribution in [1.82, 2.24) is 15.1 Å². The number of benzene rings is 2. The van der Waals surface area contributed by atoms with Crippen LogP contribution in [0.4, 0.5) is 4.79 Å². The molecule has 33 heavy (non-hydrogen) atoms. The first-order valence-corrected chi connectivity index (χ1v) is 11.4. The van der Waals surface area contributed by atoms with Gasteiger partial charge in [-0.05, 0) is 49.8 Å². The zero-order chi connectivity index (χ0) is 23.0. The maximum atomic E-state index is 13.2. The number of amides is 4. The summed E-state index contributed by atoms with van der Waals surface area (Å²) in [6.45, 7) is 2.63. The average Bonchev–Trinajstić information content (AvgIpc) is 3.36. The zero-order valence-corrected chi connectivity index (χ0v) is 18.6. The number of nitrogens with zero attached hydrogens (tertiary/aromatic N) is 2. The summed E-state index contributed by atoms with van der Waals surface area (Å²) in [4.78, 5) is 41.5. The summed E-state index contributed by atoms with van der Waals surface area (Å²) in [5.74, 6) is 0.215. The van der Waals surface area contributed by atoms with Crippen molar-refractivity contribution in [3.05, 3.63) is 72.0 Å². The van der Waals surface area contributed by atoms with Gasteiger partial charge in [0.15, 0.2) is 5.54 Å². The van der Waals surface area contributed by atoms with Gasteiger partial charge >= 0.3 is 6.03 Å². The van der Waals surface area contributed by atoms with Gasteiger partial charge in [0.25, 0.3) is 5.91 Å². The molecular weight excluding hydrogens is 418 g/mol. The summed E-state index contributed by atoms with van der Waals surface area (Å²) < 4.78 is 5.85. The van der Waals surface area contributed by atoms with Gasteiger partial charge in [-0.25, -0.2) is 4.79 Å². The van der Waals surface area contributed by atoms with Crippen molar-refractivity contribution in [3.8, 4) is 0 Å². The molecule has 7 heteroatoms. The molecule has 2 fully saturated rings. The van der Waals surface area contributed by atoms with E-state index < -0.39 is 17.5 Å². The smallest absolute Gasteiger partial charge is 0.325 e. The molecule has 2 aliphatic heterocycles. The Morgan fingerprint density at radius 2 is 1.76 bits per heavy atom. The van der Waals surface area contributed by atoms with E-state index in [1.54, 1.807) is 17.9 Å². The topological polar surface area (TPSA) is 82.9 Å². The third-order valence-electron chi connectivity index (χ3n) is 6.82. The quantitative estimate of drug-likeness (QED) is 0.608. The molecule has 0 aliphatic carbocycles. The van der Waals surface area contributed by atoms with Gasteiger partial charge in [0.1, 0.15) is 17.9 Å². The molecular formula is C26H27N3O4. The van der Waals surface area contributed by atoms with Crippen molar-refractivity contribution >= 4 is 28.8 Å². The number of hydrogen-bond acceptors (Lipinski definition) is 4. The number of carbonyl (C=O) groups is 3. The first-order valence-electron chi connectivity index (χ1n) is 11.4. The predicted molar refractivity (Wildman–Crippen MR) is 123 cm³/mol. The van der Waals surface area contributed by atoms with E-state index >= 15 is 0 Å². The lowest BCUT2D eigenvalue weighted by Crippen LogP contribution is -2.46. The molecule has 0 saturated carbocycles. The zero-order valence-electron chi connectivity index (χ0n) is 18.6. The molecule has 1 atom stereocenters. The number of rotatable bonds is 5. The normalized spacial score (nSPS) is 21.6. The molecule has 7 nitrogen and oxygen atoms in total. The minimum atomic E-state index is -1.33. The molecule has 2 saturated heterocycles. The summed E-state index contributed by atoms with van der Waals surface area (Å²) in [6.07, 6.45) is 2.83. The summed E-state index contributed by atoms with van der Waals surface area (Å²) >= 11 is 0. The molecule has 2 aromatic carbocycles. The second kappa shape index (κ2) is 8.39. The van der Waals surface area contributed by atoms with Gasteiger partial charge in [-0.3, -0.25) is 14.5 Å². The van der Waals surface area contributed by atoms with Crippen molar-refractivity contribution in [2.45, 2.75) is 31.7 Å². The van der Waals surface area contributed by atoms with Crippen molar-refractivity contribution in [1.29, 1.82) is 0 Å². The third kappa shape index (κ3) is 3.99. The van der Waals surface area contributed by atoms with Gasteiger partial charge in [-0.15, -0.1) is 0 Å². The van der Waals surface area contributed by atoms with Crippen LogP contribution in [-0.2, 0) is 21.5 Å². The van der Waals surface area contributed by atoms with Gasteiger partial charge in [0.2, 0.25) is 5.91 Å². The van der Waals surface area contributed by atoms with Gasteiger partial charge < -0.3 is 14.6 Å². The highest BCUT2D eigenvalue weighted by Crippen LogP contribution is 2.33. The minimum Gasteiger partial charge on any atom is -0.458 e. The molecule has 2 aliphatic rings. The average molecular weight is 446 g/mol. The number of nitrogens with one attached hydrogen (secondary N) is 1. The van der Waals surface area contributed by atoms with Crippen LogP contribution in [0.15, 0.2) is 65.1 Å². The van der Waals surface area contributed by atoms with Crippen molar-refractivity contribution < 1.29 is 18.8 Å². The number of imide groups is 1. The first kappa shape index (κ1) is 21.2. The Labute approximate surface area is 192 Å². The van der Waals surface area contributed by atoms with Crippen LogP contribution in [0.25, 0.3) is 11.0 Å². The second-order valence-electron chi connectivity index (χ2n) is 9.11. The molecule has 1 aromatic heterocycles. The monoisotopic (exact) mass is 445 g/mol. The maximum Gasteiger partial charge on any atom is 0.325 e. The highest BCUT2D eigenvalue weighted by atomic mass is 16.3. The lowest BCUT2D eigenvalue weighted by Gasteiger charge is -2.33. The van der Waals surface area contributed by atoms with E-state index in [1.807, 2.05) is 42.5 Å². The van der Waals surface area contributed by atoms with E-state index in [0.717, 1.165) is 29.5 Å². The Hall–Kier alpha value is -3.61. The highest BCUT2D eigenvalue weighted by Gasteiger charge is 2.52. The van der Waals surface area contributed by atoms with Crippen LogP contribution in [-0.4, -0.2) is 47.3 Å². The summed E-state index contributed by atoms with van der Waals surface area (Å²) in [7, 11) is 0. The number of furan rings is 1. The Kier molecular flexibility index (Phi) is 5.40.